The Hall–Kier alpha value is -2.73. The Labute approximate surface area is 163 Å². The molecule has 3 rings (SSSR count). The normalized spacial score (nSPS) is 15.3. The van der Waals surface area contributed by atoms with Gasteiger partial charge < -0.3 is 20.9 Å². The van der Waals surface area contributed by atoms with Crippen LogP contribution in [0.25, 0.3) is 0 Å². The molecule has 142 valence electrons. The summed E-state index contributed by atoms with van der Waals surface area (Å²) in [4.78, 5) is 28.1. The van der Waals surface area contributed by atoms with Crippen molar-refractivity contribution < 1.29 is 9.59 Å². The van der Waals surface area contributed by atoms with Gasteiger partial charge in [-0.2, -0.15) is 0 Å². The van der Waals surface area contributed by atoms with Gasteiger partial charge in [0, 0.05) is 36.9 Å². The third-order valence-electron chi connectivity index (χ3n) is 4.70. The van der Waals surface area contributed by atoms with Crippen molar-refractivity contribution in [2.75, 3.05) is 31.1 Å². The molecular formula is C20H23ClN4O2. The van der Waals surface area contributed by atoms with Crippen LogP contribution in [0.4, 0.5) is 10.5 Å². The van der Waals surface area contributed by atoms with E-state index in [9.17, 15) is 9.59 Å². The third-order valence-corrected chi connectivity index (χ3v) is 4.94. The molecule has 27 heavy (non-hydrogen) atoms. The second-order valence-corrected chi connectivity index (χ2v) is 6.96. The minimum Gasteiger partial charge on any atom is -0.368 e. The van der Waals surface area contributed by atoms with Gasteiger partial charge in [-0.05, 0) is 23.8 Å². The SMILES string of the molecule is NC(=O)N[C@@H](CC(=O)N1CCN(c2cccc(Cl)c2)CC1)c1ccccc1. The van der Waals surface area contributed by atoms with Crippen LogP contribution in [-0.2, 0) is 4.79 Å². The van der Waals surface area contributed by atoms with Gasteiger partial charge in [-0.25, -0.2) is 4.79 Å². The van der Waals surface area contributed by atoms with Gasteiger partial charge in [0.05, 0.1) is 12.5 Å². The molecule has 0 aromatic heterocycles. The number of carbonyl (C=O) groups is 2. The summed E-state index contributed by atoms with van der Waals surface area (Å²) in [6.45, 7) is 2.74. The Balaban J connectivity index is 1.60. The molecule has 6 nitrogen and oxygen atoms in total. The number of nitrogens with zero attached hydrogens (tertiary/aromatic N) is 2. The van der Waals surface area contributed by atoms with Crippen molar-refractivity contribution in [1.29, 1.82) is 0 Å². The van der Waals surface area contributed by atoms with Crippen molar-refractivity contribution >= 4 is 29.2 Å². The molecule has 1 saturated heterocycles. The smallest absolute Gasteiger partial charge is 0.312 e. The first-order valence-electron chi connectivity index (χ1n) is 8.92. The van der Waals surface area contributed by atoms with Gasteiger partial charge in [-0.1, -0.05) is 48.0 Å². The van der Waals surface area contributed by atoms with Crippen molar-refractivity contribution in [2.24, 2.45) is 5.73 Å². The van der Waals surface area contributed by atoms with Crippen LogP contribution in [-0.4, -0.2) is 43.0 Å². The highest BCUT2D eigenvalue weighted by atomic mass is 35.5. The zero-order chi connectivity index (χ0) is 19.2. The van der Waals surface area contributed by atoms with Crippen LogP contribution >= 0.6 is 11.6 Å². The first-order chi connectivity index (χ1) is 13.0. The van der Waals surface area contributed by atoms with E-state index in [2.05, 4.69) is 10.2 Å². The molecule has 0 bridgehead atoms. The van der Waals surface area contributed by atoms with Gasteiger partial charge in [0.2, 0.25) is 5.91 Å². The number of amides is 3. The molecule has 3 amide bonds. The minimum atomic E-state index is -0.637. The van der Waals surface area contributed by atoms with E-state index in [1.807, 2.05) is 59.5 Å². The highest BCUT2D eigenvalue weighted by molar-refractivity contribution is 6.30. The van der Waals surface area contributed by atoms with E-state index in [4.69, 9.17) is 17.3 Å². The lowest BCUT2D eigenvalue weighted by molar-refractivity contribution is -0.132. The van der Waals surface area contributed by atoms with Gasteiger partial charge in [-0.3, -0.25) is 4.79 Å². The van der Waals surface area contributed by atoms with E-state index >= 15 is 0 Å². The average molecular weight is 387 g/mol. The number of piperazine rings is 1. The maximum Gasteiger partial charge on any atom is 0.312 e. The second-order valence-electron chi connectivity index (χ2n) is 6.52. The molecule has 0 aliphatic carbocycles. The number of rotatable bonds is 5. The van der Waals surface area contributed by atoms with Crippen LogP contribution in [0.1, 0.15) is 18.0 Å². The summed E-state index contributed by atoms with van der Waals surface area (Å²) in [6, 6.07) is 16.1. The topological polar surface area (TPSA) is 78.7 Å². The van der Waals surface area contributed by atoms with Crippen LogP contribution in [0.5, 0.6) is 0 Å². The Kier molecular flexibility index (Phi) is 6.19. The summed E-state index contributed by atoms with van der Waals surface area (Å²) in [7, 11) is 0. The number of nitrogens with one attached hydrogen (secondary N) is 1. The highest BCUT2D eigenvalue weighted by Crippen LogP contribution is 2.22. The van der Waals surface area contributed by atoms with Gasteiger partial charge in [-0.15, -0.1) is 0 Å². The fourth-order valence-electron chi connectivity index (χ4n) is 3.30. The standard InChI is InChI=1S/C20H23ClN4O2/c21-16-7-4-8-17(13-16)24-9-11-25(12-10-24)19(26)14-18(23-20(22)27)15-5-2-1-3-6-15/h1-8,13,18H,9-12,14H2,(H3,22,23,27)/t18-/m0/s1. The largest absolute Gasteiger partial charge is 0.368 e. The number of hydrogen-bond donors (Lipinski definition) is 2. The van der Waals surface area contributed by atoms with Gasteiger partial charge in [0.1, 0.15) is 0 Å². The Bertz CT molecular complexity index is 792. The summed E-state index contributed by atoms with van der Waals surface area (Å²) >= 11 is 6.06. The van der Waals surface area contributed by atoms with Gasteiger partial charge in [0.15, 0.2) is 0 Å². The van der Waals surface area contributed by atoms with Crippen molar-refractivity contribution in [3.8, 4) is 0 Å². The lowest BCUT2D eigenvalue weighted by Gasteiger charge is -2.36. The van der Waals surface area contributed by atoms with Crippen LogP contribution in [0, 0.1) is 0 Å². The number of urea groups is 1. The van der Waals surface area contributed by atoms with Crippen molar-refractivity contribution in [3.63, 3.8) is 0 Å². The molecule has 0 saturated carbocycles. The first-order valence-corrected chi connectivity index (χ1v) is 9.30. The summed E-state index contributed by atoms with van der Waals surface area (Å²) < 4.78 is 0. The fourth-order valence-corrected chi connectivity index (χ4v) is 3.48. The summed E-state index contributed by atoms with van der Waals surface area (Å²) in [5.74, 6) is 0.00310. The van der Waals surface area contributed by atoms with Crippen molar-refractivity contribution in [1.82, 2.24) is 10.2 Å². The molecular weight excluding hydrogens is 364 g/mol. The number of carbonyl (C=O) groups excluding carboxylic acids is 2. The number of halogens is 1. The number of primary amides is 1. The Morgan fingerprint density at radius 1 is 1.04 bits per heavy atom. The summed E-state index contributed by atoms with van der Waals surface area (Å²) in [5.41, 5.74) is 7.21. The van der Waals surface area contributed by atoms with E-state index in [0.717, 1.165) is 24.3 Å². The zero-order valence-electron chi connectivity index (χ0n) is 15.0. The van der Waals surface area contributed by atoms with E-state index in [1.165, 1.54) is 0 Å². The van der Waals surface area contributed by atoms with Crippen LogP contribution in [0.15, 0.2) is 54.6 Å². The van der Waals surface area contributed by atoms with E-state index < -0.39 is 12.1 Å². The molecule has 0 unspecified atom stereocenters. The molecule has 0 spiro atoms. The molecule has 1 atom stereocenters. The minimum absolute atomic E-state index is 0.00310. The molecule has 1 heterocycles. The predicted molar refractivity (Wildman–Crippen MR) is 107 cm³/mol. The summed E-state index contributed by atoms with van der Waals surface area (Å²) in [6.07, 6.45) is 0.185. The van der Waals surface area contributed by atoms with E-state index in [1.54, 1.807) is 0 Å². The van der Waals surface area contributed by atoms with Crippen molar-refractivity contribution in [3.05, 3.63) is 65.2 Å². The fraction of sp³-hybridized carbons (Fsp3) is 0.300. The molecule has 0 radical (unpaired) electrons. The molecule has 3 N–H and O–H groups in total. The monoisotopic (exact) mass is 386 g/mol. The Morgan fingerprint density at radius 3 is 2.37 bits per heavy atom. The van der Waals surface area contributed by atoms with Crippen LogP contribution in [0.2, 0.25) is 5.02 Å². The molecule has 7 heteroatoms. The third kappa shape index (κ3) is 5.14. The number of nitrogens with two attached hydrogens (primary N) is 1. The first kappa shape index (κ1) is 19.0. The molecule has 1 aliphatic heterocycles. The summed E-state index contributed by atoms with van der Waals surface area (Å²) in [5, 5.41) is 3.38. The quantitative estimate of drug-likeness (QED) is 0.829. The zero-order valence-corrected chi connectivity index (χ0v) is 15.7. The van der Waals surface area contributed by atoms with Crippen LogP contribution in [0.3, 0.4) is 0 Å². The maximum absolute atomic E-state index is 12.8. The predicted octanol–water partition coefficient (Wildman–Crippen LogP) is 2.79. The van der Waals surface area contributed by atoms with Gasteiger partial charge in [0.25, 0.3) is 0 Å². The second kappa shape index (κ2) is 8.77. The van der Waals surface area contributed by atoms with E-state index in [-0.39, 0.29) is 12.3 Å². The molecule has 1 fully saturated rings. The molecule has 2 aromatic carbocycles. The number of anilines is 1. The van der Waals surface area contributed by atoms with Crippen LogP contribution < -0.4 is 16.0 Å². The van der Waals surface area contributed by atoms with Crippen molar-refractivity contribution in [2.45, 2.75) is 12.5 Å². The Morgan fingerprint density at radius 2 is 1.74 bits per heavy atom. The highest BCUT2D eigenvalue weighted by Gasteiger charge is 2.25. The molecule has 1 aliphatic rings. The lowest BCUT2D eigenvalue weighted by atomic mass is 10.0. The van der Waals surface area contributed by atoms with E-state index in [0.29, 0.717) is 18.1 Å². The number of hydrogen-bond acceptors (Lipinski definition) is 3. The molecule has 2 aromatic rings. The van der Waals surface area contributed by atoms with Gasteiger partial charge >= 0.3 is 6.03 Å². The average Bonchev–Trinajstić information content (AvgIpc) is 2.68. The number of benzene rings is 2. The lowest BCUT2D eigenvalue weighted by Crippen LogP contribution is -2.49. The maximum atomic E-state index is 12.8.